The van der Waals surface area contributed by atoms with Crippen LogP contribution in [0.25, 0.3) is 0 Å². The molecule has 0 amide bonds. The highest BCUT2D eigenvalue weighted by Crippen LogP contribution is 2.26. The zero-order valence-corrected chi connectivity index (χ0v) is 11.6. The molecule has 2 N–H and O–H groups in total. The van der Waals surface area contributed by atoms with E-state index in [4.69, 9.17) is 9.84 Å². The molecule has 0 saturated heterocycles. The Morgan fingerprint density at radius 2 is 2.21 bits per heavy atom. The van der Waals surface area contributed by atoms with Gasteiger partial charge in [0.1, 0.15) is 0 Å². The van der Waals surface area contributed by atoms with Crippen molar-refractivity contribution in [3.05, 3.63) is 12.3 Å². The number of carboxylic acid groups (broad SMARTS) is 1. The molecule has 0 unspecified atom stereocenters. The van der Waals surface area contributed by atoms with Gasteiger partial charge in [-0.1, -0.05) is 13.8 Å². The lowest BCUT2D eigenvalue weighted by Gasteiger charge is -2.23. The van der Waals surface area contributed by atoms with Crippen LogP contribution in [-0.2, 0) is 4.79 Å². The molecule has 0 bridgehead atoms. The predicted molar refractivity (Wildman–Crippen MR) is 72.3 cm³/mol. The summed E-state index contributed by atoms with van der Waals surface area (Å²) in [6, 6.07) is 1.68. The van der Waals surface area contributed by atoms with Crippen LogP contribution < -0.4 is 10.1 Å². The molecule has 0 radical (unpaired) electrons. The van der Waals surface area contributed by atoms with E-state index in [0.717, 1.165) is 6.42 Å². The molecule has 0 atom stereocenters. The number of carbonyl (C=O) groups is 1. The molecule has 1 heterocycles. The third-order valence-corrected chi connectivity index (χ3v) is 2.94. The second-order valence-corrected chi connectivity index (χ2v) is 5.16. The van der Waals surface area contributed by atoms with E-state index in [1.807, 2.05) is 0 Å². The van der Waals surface area contributed by atoms with E-state index < -0.39 is 5.97 Å². The molecule has 19 heavy (non-hydrogen) atoms. The fourth-order valence-corrected chi connectivity index (χ4v) is 1.62. The summed E-state index contributed by atoms with van der Waals surface area (Å²) in [4.78, 5) is 18.8. The van der Waals surface area contributed by atoms with Crippen LogP contribution in [0.2, 0.25) is 0 Å². The average molecular weight is 267 g/mol. The molecule has 106 valence electrons. The van der Waals surface area contributed by atoms with Gasteiger partial charge in [0.05, 0.1) is 7.11 Å². The van der Waals surface area contributed by atoms with Gasteiger partial charge in [0, 0.05) is 25.2 Å². The molecule has 0 spiro atoms. The molecule has 0 aliphatic rings. The SMILES string of the molecule is COc1ccnc(NCCC(C)(C)CCC(=O)O)n1. The number of carboxylic acids is 1. The van der Waals surface area contributed by atoms with Gasteiger partial charge in [-0.05, 0) is 18.3 Å². The Bertz CT molecular complexity index is 421. The summed E-state index contributed by atoms with van der Waals surface area (Å²) in [6.07, 6.45) is 3.33. The third kappa shape index (κ3) is 6.03. The number of aliphatic carboxylic acids is 1. The number of nitrogens with one attached hydrogen (secondary N) is 1. The van der Waals surface area contributed by atoms with Crippen LogP contribution >= 0.6 is 0 Å². The normalized spacial score (nSPS) is 11.1. The number of nitrogens with zero attached hydrogens (tertiary/aromatic N) is 2. The minimum Gasteiger partial charge on any atom is -0.481 e. The lowest BCUT2D eigenvalue weighted by Crippen LogP contribution is -2.19. The molecule has 0 fully saturated rings. The molecule has 1 aromatic rings. The Balaban J connectivity index is 2.38. The first-order valence-corrected chi connectivity index (χ1v) is 6.26. The second kappa shape index (κ2) is 6.92. The van der Waals surface area contributed by atoms with Gasteiger partial charge in [-0.15, -0.1) is 0 Å². The van der Waals surface area contributed by atoms with E-state index in [0.29, 0.717) is 24.8 Å². The second-order valence-electron chi connectivity index (χ2n) is 5.16. The van der Waals surface area contributed by atoms with E-state index in [1.54, 1.807) is 19.4 Å². The standard InChI is InChI=1S/C13H21N3O3/c1-13(2,6-4-11(17)18)7-9-15-12-14-8-5-10(16-12)19-3/h5,8H,4,6-7,9H2,1-3H3,(H,17,18)(H,14,15,16). The maximum Gasteiger partial charge on any atom is 0.303 e. The van der Waals surface area contributed by atoms with E-state index in [-0.39, 0.29) is 11.8 Å². The number of ether oxygens (including phenoxy) is 1. The minimum absolute atomic E-state index is 0.0236. The summed E-state index contributed by atoms with van der Waals surface area (Å²) in [6.45, 7) is 4.81. The van der Waals surface area contributed by atoms with Gasteiger partial charge in [0.2, 0.25) is 11.8 Å². The van der Waals surface area contributed by atoms with Gasteiger partial charge in [0.25, 0.3) is 0 Å². The monoisotopic (exact) mass is 267 g/mol. The number of hydrogen-bond acceptors (Lipinski definition) is 5. The van der Waals surface area contributed by atoms with Crippen LogP contribution in [0.4, 0.5) is 5.95 Å². The first-order valence-electron chi connectivity index (χ1n) is 6.26. The Morgan fingerprint density at radius 1 is 1.47 bits per heavy atom. The first kappa shape index (κ1) is 15.2. The van der Waals surface area contributed by atoms with Crippen LogP contribution in [0.1, 0.15) is 33.1 Å². The third-order valence-electron chi connectivity index (χ3n) is 2.94. The van der Waals surface area contributed by atoms with Crippen LogP contribution in [0, 0.1) is 5.41 Å². The van der Waals surface area contributed by atoms with E-state index in [9.17, 15) is 4.79 Å². The lowest BCUT2D eigenvalue weighted by molar-refractivity contribution is -0.137. The highest BCUT2D eigenvalue weighted by molar-refractivity contribution is 5.66. The van der Waals surface area contributed by atoms with Gasteiger partial charge in [0.15, 0.2) is 0 Å². The molecule has 1 rings (SSSR count). The summed E-state index contributed by atoms with van der Waals surface area (Å²) in [5, 5.41) is 11.8. The molecular weight excluding hydrogens is 246 g/mol. The number of rotatable bonds is 8. The first-order chi connectivity index (χ1) is 8.93. The zero-order valence-electron chi connectivity index (χ0n) is 11.6. The summed E-state index contributed by atoms with van der Waals surface area (Å²) < 4.78 is 5.01. The van der Waals surface area contributed by atoms with E-state index in [1.165, 1.54) is 0 Å². The molecule has 1 aromatic heterocycles. The van der Waals surface area contributed by atoms with Gasteiger partial charge < -0.3 is 15.2 Å². The molecule has 0 aromatic carbocycles. The Morgan fingerprint density at radius 3 is 2.84 bits per heavy atom. The largest absolute Gasteiger partial charge is 0.481 e. The summed E-state index contributed by atoms with van der Waals surface area (Å²) in [7, 11) is 1.56. The summed E-state index contributed by atoms with van der Waals surface area (Å²) >= 11 is 0. The zero-order chi connectivity index (χ0) is 14.3. The summed E-state index contributed by atoms with van der Waals surface area (Å²) in [5.74, 6) is 0.285. The van der Waals surface area contributed by atoms with Crippen molar-refractivity contribution in [1.29, 1.82) is 0 Å². The number of anilines is 1. The van der Waals surface area contributed by atoms with Crippen molar-refractivity contribution in [1.82, 2.24) is 9.97 Å². The van der Waals surface area contributed by atoms with Crippen LogP contribution in [-0.4, -0.2) is 34.7 Å². The van der Waals surface area contributed by atoms with E-state index >= 15 is 0 Å². The molecule has 6 heteroatoms. The van der Waals surface area contributed by atoms with Gasteiger partial charge in [-0.25, -0.2) is 4.98 Å². The fourth-order valence-electron chi connectivity index (χ4n) is 1.62. The fraction of sp³-hybridized carbons (Fsp3) is 0.615. The topological polar surface area (TPSA) is 84.3 Å². The van der Waals surface area contributed by atoms with Crippen LogP contribution in [0.3, 0.4) is 0 Å². The Kier molecular flexibility index (Phi) is 5.54. The average Bonchev–Trinajstić information content (AvgIpc) is 2.37. The number of methoxy groups -OCH3 is 1. The highest BCUT2D eigenvalue weighted by atomic mass is 16.5. The number of hydrogen-bond donors (Lipinski definition) is 2. The van der Waals surface area contributed by atoms with Crippen molar-refractivity contribution < 1.29 is 14.6 Å². The van der Waals surface area contributed by atoms with Crippen molar-refractivity contribution in [2.45, 2.75) is 33.1 Å². The molecule has 0 aliphatic heterocycles. The Hall–Kier alpha value is -1.85. The van der Waals surface area contributed by atoms with Crippen molar-refractivity contribution in [2.24, 2.45) is 5.41 Å². The van der Waals surface area contributed by atoms with Gasteiger partial charge in [-0.3, -0.25) is 4.79 Å². The quantitative estimate of drug-likeness (QED) is 0.751. The Labute approximate surface area is 113 Å². The molecule has 0 aliphatic carbocycles. The smallest absolute Gasteiger partial charge is 0.303 e. The maximum absolute atomic E-state index is 10.6. The van der Waals surface area contributed by atoms with Gasteiger partial charge in [-0.2, -0.15) is 4.98 Å². The van der Waals surface area contributed by atoms with Crippen molar-refractivity contribution in [3.8, 4) is 5.88 Å². The van der Waals surface area contributed by atoms with Crippen molar-refractivity contribution in [2.75, 3.05) is 19.0 Å². The molecule has 6 nitrogen and oxygen atoms in total. The maximum atomic E-state index is 10.6. The number of aromatic nitrogens is 2. The molecule has 0 saturated carbocycles. The van der Waals surface area contributed by atoms with E-state index in [2.05, 4.69) is 29.1 Å². The van der Waals surface area contributed by atoms with Gasteiger partial charge >= 0.3 is 5.97 Å². The highest BCUT2D eigenvalue weighted by Gasteiger charge is 2.18. The lowest BCUT2D eigenvalue weighted by atomic mass is 9.84. The summed E-state index contributed by atoms with van der Waals surface area (Å²) in [5.41, 5.74) is -0.0236. The van der Waals surface area contributed by atoms with Crippen LogP contribution in [0.5, 0.6) is 5.88 Å². The van der Waals surface area contributed by atoms with Crippen molar-refractivity contribution in [3.63, 3.8) is 0 Å². The van der Waals surface area contributed by atoms with Crippen LogP contribution in [0.15, 0.2) is 12.3 Å². The minimum atomic E-state index is -0.753. The van der Waals surface area contributed by atoms with Crippen molar-refractivity contribution >= 4 is 11.9 Å². The molecular formula is C13H21N3O3. The predicted octanol–water partition coefficient (Wildman–Crippen LogP) is 2.18.